The van der Waals surface area contributed by atoms with Gasteiger partial charge in [-0.3, -0.25) is 4.79 Å². The highest BCUT2D eigenvalue weighted by molar-refractivity contribution is 5.55. The van der Waals surface area contributed by atoms with Crippen LogP contribution in [0, 0.1) is 11.3 Å². The van der Waals surface area contributed by atoms with Crippen molar-refractivity contribution < 1.29 is 8.78 Å². The lowest BCUT2D eigenvalue weighted by Crippen LogP contribution is -2.47. The van der Waals surface area contributed by atoms with Crippen LogP contribution in [0.25, 0.3) is 0 Å². The minimum absolute atomic E-state index is 0.521. The van der Waals surface area contributed by atoms with Gasteiger partial charge in [0, 0.05) is 38.4 Å². The van der Waals surface area contributed by atoms with Crippen molar-refractivity contribution in [1.82, 2.24) is 14.8 Å². The molecule has 1 saturated heterocycles. The number of nitriles is 1. The fraction of sp³-hybridized carbons (Fsp3) is 0.375. The Morgan fingerprint density at radius 3 is 2.60 bits per heavy atom. The smallest absolute Gasteiger partial charge is 0.269 e. The SMILES string of the molecule is N#Cc1cccnc1N1CCN(c2cnn(CC(F)F)c(=O)c2)CC1. The number of hydrogen-bond acceptors (Lipinski definition) is 6. The molecule has 25 heavy (non-hydrogen) atoms. The van der Waals surface area contributed by atoms with Crippen molar-refractivity contribution in [2.75, 3.05) is 36.0 Å². The molecule has 0 bridgehead atoms. The molecule has 1 aliphatic heterocycles. The number of alkyl halides is 2. The van der Waals surface area contributed by atoms with Gasteiger partial charge in [-0.15, -0.1) is 0 Å². The summed E-state index contributed by atoms with van der Waals surface area (Å²) in [7, 11) is 0. The first kappa shape index (κ1) is 16.8. The van der Waals surface area contributed by atoms with Crippen LogP contribution in [0.1, 0.15) is 5.56 Å². The van der Waals surface area contributed by atoms with Crippen LogP contribution in [0.3, 0.4) is 0 Å². The van der Waals surface area contributed by atoms with Crippen molar-refractivity contribution in [1.29, 1.82) is 5.26 Å². The summed E-state index contributed by atoms with van der Waals surface area (Å²) in [5.41, 5.74) is 0.584. The normalized spacial score (nSPS) is 14.6. The Labute approximate surface area is 142 Å². The monoisotopic (exact) mass is 346 g/mol. The number of hydrogen-bond donors (Lipinski definition) is 0. The zero-order chi connectivity index (χ0) is 17.8. The Morgan fingerprint density at radius 1 is 1.24 bits per heavy atom. The Bertz CT molecular complexity index is 839. The fourth-order valence-corrected chi connectivity index (χ4v) is 2.78. The molecular formula is C16H16F2N6O. The second-order valence-electron chi connectivity index (χ2n) is 5.59. The van der Waals surface area contributed by atoms with E-state index in [0.29, 0.717) is 43.2 Å². The molecule has 0 unspecified atom stereocenters. The summed E-state index contributed by atoms with van der Waals surface area (Å²) in [6.07, 6.45) is 0.461. The number of pyridine rings is 1. The molecule has 3 rings (SSSR count). The first-order valence-corrected chi connectivity index (χ1v) is 7.79. The van der Waals surface area contributed by atoms with Crippen LogP contribution in [0.15, 0.2) is 35.4 Å². The van der Waals surface area contributed by atoms with E-state index in [2.05, 4.69) is 16.2 Å². The van der Waals surface area contributed by atoms with Gasteiger partial charge in [0.2, 0.25) is 0 Å². The van der Waals surface area contributed by atoms with E-state index in [9.17, 15) is 18.8 Å². The number of aromatic nitrogens is 3. The van der Waals surface area contributed by atoms with Gasteiger partial charge >= 0.3 is 0 Å². The standard InChI is InChI=1S/C16H16F2N6O/c17-14(18)11-24-15(25)8-13(10-21-24)22-4-6-23(7-5-22)16-12(9-19)2-1-3-20-16/h1-3,8,10,14H,4-7,11H2. The van der Waals surface area contributed by atoms with E-state index >= 15 is 0 Å². The molecule has 2 aromatic heterocycles. The minimum Gasteiger partial charge on any atom is -0.367 e. The molecule has 0 amide bonds. The summed E-state index contributed by atoms with van der Waals surface area (Å²) in [5.74, 6) is 0.648. The highest BCUT2D eigenvalue weighted by Gasteiger charge is 2.21. The van der Waals surface area contributed by atoms with Gasteiger partial charge in [-0.25, -0.2) is 18.4 Å². The molecule has 1 aliphatic rings. The lowest BCUT2D eigenvalue weighted by atomic mass is 10.2. The molecule has 0 N–H and O–H groups in total. The molecule has 2 aromatic rings. The maximum Gasteiger partial charge on any atom is 0.269 e. The van der Waals surface area contributed by atoms with Crippen LogP contribution < -0.4 is 15.4 Å². The molecule has 3 heterocycles. The topological polar surface area (TPSA) is 78.1 Å². The maximum absolute atomic E-state index is 12.4. The van der Waals surface area contributed by atoms with Crippen molar-refractivity contribution in [3.63, 3.8) is 0 Å². The van der Waals surface area contributed by atoms with E-state index in [1.807, 2.05) is 9.80 Å². The van der Waals surface area contributed by atoms with Crippen LogP contribution in [0.4, 0.5) is 20.3 Å². The van der Waals surface area contributed by atoms with E-state index in [4.69, 9.17) is 0 Å². The molecule has 0 radical (unpaired) electrons. The average Bonchev–Trinajstić information content (AvgIpc) is 2.63. The second-order valence-corrected chi connectivity index (χ2v) is 5.59. The van der Waals surface area contributed by atoms with Gasteiger partial charge in [-0.1, -0.05) is 0 Å². The lowest BCUT2D eigenvalue weighted by molar-refractivity contribution is 0.119. The van der Waals surface area contributed by atoms with Crippen LogP contribution in [-0.4, -0.2) is 47.4 Å². The summed E-state index contributed by atoms with van der Waals surface area (Å²) in [4.78, 5) is 20.1. The summed E-state index contributed by atoms with van der Waals surface area (Å²) in [6.45, 7) is 1.78. The molecule has 0 saturated carbocycles. The van der Waals surface area contributed by atoms with Gasteiger partial charge in [-0.2, -0.15) is 10.4 Å². The Morgan fingerprint density at radius 2 is 1.96 bits per heavy atom. The molecule has 7 nitrogen and oxygen atoms in total. The molecule has 0 spiro atoms. The van der Waals surface area contributed by atoms with Crippen molar-refractivity contribution in [2.24, 2.45) is 0 Å². The van der Waals surface area contributed by atoms with Gasteiger partial charge in [0.05, 0.1) is 17.4 Å². The highest BCUT2D eigenvalue weighted by Crippen LogP contribution is 2.20. The summed E-state index contributed by atoms with van der Waals surface area (Å²) >= 11 is 0. The lowest BCUT2D eigenvalue weighted by Gasteiger charge is -2.36. The minimum atomic E-state index is -2.62. The largest absolute Gasteiger partial charge is 0.367 e. The molecule has 0 atom stereocenters. The van der Waals surface area contributed by atoms with Gasteiger partial charge in [0.1, 0.15) is 18.4 Å². The van der Waals surface area contributed by atoms with Crippen LogP contribution in [0.5, 0.6) is 0 Å². The fourth-order valence-electron chi connectivity index (χ4n) is 2.78. The number of nitrogens with zero attached hydrogens (tertiary/aromatic N) is 6. The van der Waals surface area contributed by atoms with Gasteiger partial charge < -0.3 is 9.80 Å². The van der Waals surface area contributed by atoms with E-state index in [-0.39, 0.29) is 0 Å². The van der Waals surface area contributed by atoms with Crippen molar-refractivity contribution >= 4 is 11.5 Å². The molecule has 0 aliphatic carbocycles. The molecular weight excluding hydrogens is 330 g/mol. The molecule has 0 aromatic carbocycles. The van der Waals surface area contributed by atoms with Gasteiger partial charge in [0.25, 0.3) is 12.0 Å². The third kappa shape index (κ3) is 3.74. The maximum atomic E-state index is 12.4. The summed E-state index contributed by atoms with van der Waals surface area (Å²) < 4.78 is 25.5. The zero-order valence-electron chi connectivity index (χ0n) is 13.3. The second kappa shape index (κ2) is 7.25. The Kier molecular flexibility index (Phi) is 4.88. The van der Waals surface area contributed by atoms with E-state index in [1.165, 1.54) is 12.3 Å². The van der Waals surface area contributed by atoms with E-state index in [0.717, 1.165) is 4.68 Å². The summed E-state index contributed by atoms with van der Waals surface area (Å²) in [5, 5.41) is 13.0. The van der Waals surface area contributed by atoms with Crippen LogP contribution in [0.2, 0.25) is 0 Å². The van der Waals surface area contributed by atoms with E-state index < -0.39 is 18.5 Å². The van der Waals surface area contributed by atoms with Crippen LogP contribution >= 0.6 is 0 Å². The predicted molar refractivity (Wildman–Crippen MR) is 87.9 cm³/mol. The van der Waals surface area contributed by atoms with Crippen molar-refractivity contribution in [2.45, 2.75) is 13.0 Å². The first-order valence-electron chi connectivity index (χ1n) is 7.79. The third-order valence-corrected chi connectivity index (χ3v) is 4.02. The number of piperazine rings is 1. The number of anilines is 2. The van der Waals surface area contributed by atoms with Crippen molar-refractivity contribution in [3.8, 4) is 6.07 Å². The van der Waals surface area contributed by atoms with E-state index in [1.54, 1.807) is 18.3 Å². The molecule has 9 heteroatoms. The quantitative estimate of drug-likeness (QED) is 0.825. The van der Waals surface area contributed by atoms with Gasteiger partial charge in [0.15, 0.2) is 0 Å². The van der Waals surface area contributed by atoms with Gasteiger partial charge in [-0.05, 0) is 12.1 Å². The van der Waals surface area contributed by atoms with Crippen molar-refractivity contribution in [3.05, 3.63) is 46.5 Å². The average molecular weight is 346 g/mol. The number of halogens is 2. The molecule has 1 fully saturated rings. The zero-order valence-corrected chi connectivity index (χ0v) is 13.3. The summed E-state index contributed by atoms with van der Waals surface area (Å²) in [6, 6.07) is 6.90. The number of rotatable bonds is 4. The third-order valence-electron chi connectivity index (χ3n) is 4.02. The predicted octanol–water partition coefficient (Wildman–Crippen LogP) is 1.10. The highest BCUT2D eigenvalue weighted by atomic mass is 19.3. The first-order chi connectivity index (χ1) is 12.1. The van der Waals surface area contributed by atoms with Crippen LogP contribution in [-0.2, 0) is 6.54 Å². The Balaban J connectivity index is 1.69. The molecule has 130 valence electrons. The Hall–Kier alpha value is -3.02.